The van der Waals surface area contributed by atoms with E-state index < -0.39 is 23.6 Å². The van der Waals surface area contributed by atoms with Crippen molar-refractivity contribution in [2.24, 2.45) is 0 Å². The van der Waals surface area contributed by atoms with E-state index >= 15 is 0 Å². The summed E-state index contributed by atoms with van der Waals surface area (Å²) in [7, 11) is 0. The third kappa shape index (κ3) is 2.44. The molecule has 1 aliphatic heterocycles. The maximum atomic E-state index is 13.0. The van der Waals surface area contributed by atoms with E-state index in [1.807, 2.05) is 0 Å². The summed E-state index contributed by atoms with van der Waals surface area (Å²) in [6.45, 7) is 0. The van der Waals surface area contributed by atoms with Gasteiger partial charge in [0.25, 0.3) is 0 Å². The molecule has 0 saturated heterocycles. The minimum absolute atomic E-state index is 0.0988. The van der Waals surface area contributed by atoms with Gasteiger partial charge in [-0.15, -0.1) is 16.7 Å². The molecule has 0 aliphatic carbocycles. The average Bonchev–Trinajstić information content (AvgIpc) is 2.75. The molecule has 0 aromatic heterocycles. The summed E-state index contributed by atoms with van der Waals surface area (Å²) in [6.07, 6.45) is -1.97. The van der Waals surface area contributed by atoms with Gasteiger partial charge in [0, 0.05) is 0 Å². The Kier molecular flexibility index (Phi) is 3.49. The first-order valence-electron chi connectivity index (χ1n) is 4.96. The minimum atomic E-state index is -4.63. The first-order chi connectivity index (χ1) is 8.43. The van der Waals surface area contributed by atoms with Crippen molar-refractivity contribution in [1.82, 2.24) is 5.06 Å². The van der Waals surface area contributed by atoms with E-state index in [0.29, 0.717) is 6.07 Å². The summed E-state index contributed by atoms with van der Waals surface area (Å²) >= 11 is 5.56. The van der Waals surface area contributed by atoms with E-state index in [-0.39, 0.29) is 11.6 Å². The highest BCUT2D eigenvalue weighted by atomic mass is 35.5. The van der Waals surface area contributed by atoms with Crippen LogP contribution in [0.15, 0.2) is 30.5 Å². The standard InChI is InChI=1S/C11H8ClF4NO/c12-6-17-10(3-4-18-17)8-2-1-7(13)5-9(8)11(14,15)16/h1-5,10H,6H2. The monoisotopic (exact) mass is 281 g/mol. The lowest BCUT2D eigenvalue weighted by molar-refractivity contribution is -0.140. The second kappa shape index (κ2) is 4.78. The molecule has 2 nitrogen and oxygen atoms in total. The number of hydrogen-bond donors (Lipinski definition) is 0. The van der Waals surface area contributed by atoms with Crippen LogP contribution >= 0.6 is 11.6 Å². The highest BCUT2D eigenvalue weighted by molar-refractivity contribution is 6.17. The maximum Gasteiger partial charge on any atom is 0.416 e. The minimum Gasteiger partial charge on any atom is -0.412 e. The SMILES string of the molecule is Fc1ccc(C2C=CON2CCl)c(C(F)(F)F)c1. The molecule has 0 N–H and O–H groups in total. The quantitative estimate of drug-likeness (QED) is 0.464. The van der Waals surface area contributed by atoms with Crippen LogP contribution in [0.2, 0.25) is 0 Å². The van der Waals surface area contributed by atoms with E-state index in [1.165, 1.54) is 12.3 Å². The Labute approximate surface area is 105 Å². The normalized spacial score (nSPS) is 20.2. The second-order valence-electron chi connectivity index (χ2n) is 3.64. The van der Waals surface area contributed by atoms with Gasteiger partial charge in [0.1, 0.15) is 18.1 Å². The van der Waals surface area contributed by atoms with Crippen LogP contribution in [0.25, 0.3) is 0 Å². The van der Waals surface area contributed by atoms with Crippen LogP contribution in [-0.4, -0.2) is 11.1 Å². The third-order valence-electron chi connectivity index (χ3n) is 2.52. The Bertz CT molecular complexity index is 475. The van der Waals surface area contributed by atoms with Crippen LogP contribution in [0, 0.1) is 5.82 Å². The lowest BCUT2D eigenvalue weighted by atomic mass is 10.00. The molecule has 1 aromatic carbocycles. The van der Waals surface area contributed by atoms with E-state index in [4.69, 9.17) is 16.4 Å². The van der Waals surface area contributed by atoms with Crippen molar-refractivity contribution >= 4 is 11.6 Å². The fourth-order valence-corrected chi connectivity index (χ4v) is 1.95. The van der Waals surface area contributed by atoms with Gasteiger partial charge in [0.15, 0.2) is 0 Å². The van der Waals surface area contributed by atoms with E-state index in [9.17, 15) is 17.6 Å². The zero-order valence-electron chi connectivity index (χ0n) is 8.92. The Balaban J connectivity index is 2.47. The molecule has 0 amide bonds. The van der Waals surface area contributed by atoms with Crippen molar-refractivity contribution in [3.8, 4) is 0 Å². The molecule has 18 heavy (non-hydrogen) atoms. The number of benzene rings is 1. The fourth-order valence-electron chi connectivity index (χ4n) is 1.74. The number of alkyl halides is 4. The number of halogens is 5. The third-order valence-corrected chi connectivity index (χ3v) is 2.76. The Morgan fingerprint density at radius 1 is 1.33 bits per heavy atom. The van der Waals surface area contributed by atoms with Gasteiger partial charge in [-0.3, -0.25) is 0 Å². The first-order valence-corrected chi connectivity index (χ1v) is 5.49. The molecule has 2 rings (SSSR count). The van der Waals surface area contributed by atoms with Crippen molar-refractivity contribution < 1.29 is 22.4 Å². The van der Waals surface area contributed by atoms with E-state index in [1.54, 1.807) is 0 Å². The molecule has 1 atom stereocenters. The molecular formula is C11H8ClF4NO. The van der Waals surface area contributed by atoms with Gasteiger partial charge in [0.2, 0.25) is 0 Å². The van der Waals surface area contributed by atoms with Gasteiger partial charge >= 0.3 is 6.18 Å². The topological polar surface area (TPSA) is 12.5 Å². The van der Waals surface area contributed by atoms with E-state index in [0.717, 1.165) is 17.2 Å². The summed E-state index contributed by atoms with van der Waals surface area (Å²) in [6, 6.07) is 1.64. The van der Waals surface area contributed by atoms with Crippen molar-refractivity contribution in [2.45, 2.75) is 12.2 Å². The highest BCUT2D eigenvalue weighted by Crippen LogP contribution is 2.38. The van der Waals surface area contributed by atoms with Gasteiger partial charge in [0.05, 0.1) is 11.6 Å². The van der Waals surface area contributed by atoms with E-state index in [2.05, 4.69) is 0 Å². The Morgan fingerprint density at radius 3 is 2.67 bits per heavy atom. The number of hydroxylamine groups is 2. The van der Waals surface area contributed by atoms with Gasteiger partial charge in [-0.05, 0) is 23.8 Å². The van der Waals surface area contributed by atoms with Crippen LogP contribution in [0.4, 0.5) is 17.6 Å². The number of nitrogens with zero attached hydrogens (tertiary/aromatic N) is 1. The van der Waals surface area contributed by atoms with Gasteiger partial charge in [-0.25, -0.2) is 4.39 Å². The molecule has 0 saturated carbocycles. The molecule has 1 unspecified atom stereocenters. The van der Waals surface area contributed by atoms with Gasteiger partial charge in [-0.1, -0.05) is 6.07 Å². The first kappa shape index (κ1) is 13.2. The summed E-state index contributed by atoms with van der Waals surface area (Å²) in [5.74, 6) is -0.939. The second-order valence-corrected chi connectivity index (χ2v) is 3.88. The predicted octanol–water partition coefficient (Wildman–Crippen LogP) is 3.84. The summed E-state index contributed by atoms with van der Waals surface area (Å²) in [5, 5.41) is 1.16. The van der Waals surface area contributed by atoms with Gasteiger partial charge in [-0.2, -0.15) is 13.2 Å². The van der Waals surface area contributed by atoms with Crippen molar-refractivity contribution in [2.75, 3.05) is 6.00 Å². The fraction of sp³-hybridized carbons (Fsp3) is 0.273. The summed E-state index contributed by atoms with van der Waals surface area (Å²) in [5.41, 5.74) is -1.13. The van der Waals surface area contributed by atoms with Crippen LogP contribution in [-0.2, 0) is 11.0 Å². The molecule has 1 heterocycles. The van der Waals surface area contributed by atoms with Crippen LogP contribution in [0.1, 0.15) is 17.2 Å². The molecule has 1 aliphatic rings. The zero-order valence-corrected chi connectivity index (χ0v) is 9.67. The molecule has 7 heteroatoms. The van der Waals surface area contributed by atoms with Gasteiger partial charge < -0.3 is 4.84 Å². The largest absolute Gasteiger partial charge is 0.416 e. The zero-order chi connectivity index (χ0) is 13.3. The van der Waals surface area contributed by atoms with Crippen molar-refractivity contribution in [3.05, 3.63) is 47.5 Å². The summed E-state index contributed by atoms with van der Waals surface area (Å²) in [4.78, 5) is 4.93. The molecule has 0 fully saturated rings. The highest BCUT2D eigenvalue weighted by Gasteiger charge is 2.37. The van der Waals surface area contributed by atoms with Crippen molar-refractivity contribution in [3.63, 3.8) is 0 Å². The predicted molar refractivity (Wildman–Crippen MR) is 56.9 cm³/mol. The lowest BCUT2D eigenvalue weighted by Gasteiger charge is -2.23. The molecule has 0 bridgehead atoms. The molecular weight excluding hydrogens is 274 g/mol. The number of rotatable bonds is 2. The lowest BCUT2D eigenvalue weighted by Crippen LogP contribution is -2.23. The summed E-state index contributed by atoms with van der Waals surface area (Å²) < 4.78 is 51.4. The van der Waals surface area contributed by atoms with Crippen LogP contribution in [0.3, 0.4) is 0 Å². The Morgan fingerprint density at radius 2 is 2.06 bits per heavy atom. The van der Waals surface area contributed by atoms with Crippen molar-refractivity contribution in [1.29, 1.82) is 0 Å². The van der Waals surface area contributed by atoms with Crippen LogP contribution in [0.5, 0.6) is 0 Å². The molecule has 0 radical (unpaired) electrons. The van der Waals surface area contributed by atoms with Crippen LogP contribution < -0.4 is 0 Å². The molecule has 0 spiro atoms. The number of hydrogen-bond acceptors (Lipinski definition) is 2. The maximum absolute atomic E-state index is 13.0. The molecule has 1 aromatic rings. The Hall–Kier alpha value is -1.27. The molecule has 98 valence electrons. The average molecular weight is 282 g/mol. The smallest absolute Gasteiger partial charge is 0.412 e.